The molecule has 1 aliphatic heterocycles. The largest absolute Gasteiger partial charge is 0.371 e. The Morgan fingerprint density at radius 1 is 1.22 bits per heavy atom. The topological polar surface area (TPSA) is 62.5 Å². The van der Waals surface area contributed by atoms with E-state index in [1.165, 1.54) is 5.69 Å². The molecule has 0 aromatic carbocycles. The van der Waals surface area contributed by atoms with Crippen LogP contribution in [0.1, 0.15) is 29.8 Å². The predicted molar refractivity (Wildman–Crippen MR) is 109 cm³/mol. The van der Waals surface area contributed by atoms with Crippen LogP contribution in [0, 0.1) is 5.92 Å². The second-order valence-corrected chi connectivity index (χ2v) is 7.83. The molecule has 1 amide bonds. The number of amides is 1. The number of carbonyl (C=O) groups is 1. The fourth-order valence-corrected chi connectivity index (χ4v) is 3.90. The van der Waals surface area contributed by atoms with Gasteiger partial charge in [0.25, 0.3) is 5.91 Å². The first-order chi connectivity index (χ1) is 13.2. The zero-order valence-electron chi connectivity index (χ0n) is 15.0. The zero-order valence-corrected chi connectivity index (χ0v) is 16.6. The highest BCUT2D eigenvalue weighted by Crippen LogP contribution is 2.24. The van der Waals surface area contributed by atoms with Crippen molar-refractivity contribution in [3.05, 3.63) is 59.2 Å². The summed E-state index contributed by atoms with van der Waals surface area (Å²) in [6.07, 6.45) is 10.7. The van der Waals surface area contributed by atoms with Crippen LogP contribution < -0.4 is 10.2 Å². The van der Waals surface area contributed by atoms with Gasteiger partial charge in [0.2, 0.25) is 0 Å². The maximum absolute atomic E-state index is 12.4. The van der Waals surface area contributed by atoms with E-state index >= 15 is 0 Å². The maximum atomic E-state index is 12.4. The van der Waals surface area contributed by atoms with Crippen molar-refractivity contribution in [3.63, 3.8) is 0 Å². The van der Waals surface area contributed by atoms with Crippen LogP contribution in [0.15, 0.2) is 53.5 Å². The molecule has 0 bridgehead atoms. The first-order valence-corrected chi connectivity index (χ1v) is 10.1. The van der Waals surface area contributed by atoms with Crippen molar-refractivity contribution in [2.45, 2.75) is 19.3 Å². The number of imidazole rings is 1. The summed E-state index contributed by atoms with van der Waals surface area (Å²) in [5.74, 6) is 0.546. The number of nitrogens with one attached hydrogen (secondary N) is 1. The Kier molecular flexibility index (Phi) is 5.38. The first kappa shape index (κ1) is 18.0. The Balaban J connectivity index is 1.24. The number of nitrogens with zero attached hydrogens (tertiary/aromatic N) is 4. The smallest absolute Gasteiger partial charge is 0.271 e. The molecule has 27 heavy (non-hydrogen) atoms. The van der Waals surface area contributed by atoms with E-state index in [1.54, 1.807) is 6.20 Å². The molecule has 3 aromatic rings. The molecule has 0 aliphatic carbocycles. The number of rotatable bonds is 5. The van der Waals surface area contributed by atoms with Gasteiger partial charge >= 0.3 is 0 Å². The summed E-state index contributed by atoms with van der Waals surface area (Å²) < 4.78 is 2.81. The van der Waals surface area contributed by atoms with Crippen LogP contribution in [0.3, 0.4) is 0 Å². The average Bonchev–Trinajstić information content (AvgIpc) is 3.12. The SMILES string of the molecule is O=C(NCCC1CCN(c2ccncc2)CC1)c1cn2ccc(Br)cc2n1. The number of hydrogen-bond acceptors (Lipinski definition) is 4. The van der Waals surface area contributed by atoms with Gasteiger partial charge in [-0.25, -0.2) is 4.98 Å². The summed E-state index contributed by atoms with van der Waals surface area (Å²) in [6, 6.07) is 7.95. The van der Waals surface area contributed by atoms with Crippen LogP contribution in [0.25, 0.3) is 5.65 Å². The van der Waals surface area contributed by atoms with E-state index in [-0.39, 0.29) is 5.91 Å². The second-order valence-electron chi connectivity index (χ2n) is 6.92. The van der Waals surface area contributed by atoms with Crippen LogP contribution in [0.2, 0.25) is 0 Å². The first-order valence-electron chi connectivity index (χ1n) is 9.26. The quantitative estimate of drug-likeness (QED) is 0.676. The monoisotopic (exact) mass is 427 g/mol. The van der Waals surface area contributed by atoms with Crippen molar-refractivity contribution in [2.24, 2.45) is 5.92 Å². The van der Waals surface area contributed by atoms with Crippen molar-refractivity contribution in [3.8, 4) is 0 Å². The molecule has 6 nitrogen and oxygen atoms in total. The number of piperidine rings is 1. The molecule has 1 fully saturated rings. The standard InChI is InChI=1S/C20H22BrN5O/c21-16-6-12-26-14-18(24-19(26)13-16)20(27)23-9-1-15-4-10-25(11-5-15)17-2-7-22-8-3-17/h2-3,6-8,12-15H,1,4-5,9-11H2,(H,23,27). The molecule has 3 aromatic heterocycles. The van der Waals surface area contributed by atoms with Crippen LogP contribution >= 0.6 is 15.9 Å². The zero-order chi connectivity index (χ0) is 18.6. The minimum absolute atomic E-state index is 0.107. The fourth-order valence-electron chi connectivity index (χ4n) is 3.58. The summed E-state index contributed by atoms with van der Waals surface area (Å²) in [7, 11) is 0. The lowest BCUT2D eigenvalue weighted by Crippen LogP contribution is -2.35. The van der Waals surface area contributed by atoms with E-state index in [4.69, 9.17) is 0 Å². The van der Waals surface area contributed by atoms with Crippen LogP contribution in [0.4, 0.5) is 5.69 Å². The molecular formula is C20H22BrN5O. The number of aromatic nitrogens is 3. The maximum Gasteiger partial charge on any atom is 0.271 e. The van der Waals surface area contributed by atoms with Crippen molar-refractivity contribution < 1.29 is 4.79 Å². The van der Waals surface area contributed by atoms with Crippen molar-refractivity contribution in [1.82, 2.24) is 19.7 Å². The van der Waals surface area contributed by atoms with E-state index in [2.05, 4.69) is 48.2 Å². The second kappa shape index (κ2) is 8.08. The van der Waals surface area contributed by atoms with Crippen molar-refractivity contribution in [1.29, 1.82) is 0 Å². The fraction of sp³-hybridized carbons (Fsp3) is 0.350. The summed E-state index contributed by atoms with van der Waals surface area (Å²) in [5, 5.41) is 3.02. The number of fused-ring (bicyclic) bond motifs is 1. The lowest BCUT2D eigenvalue weighted by Gasteiger charge is -2.33. The van der Waals surface area contributed by atoms with Gasteiger partial charge in [0.05, 0.1) is 0 Å². The Hall–Kier alpha value is -2.41. The Morgan fingerprint density at radius 3 is 2.78 bits per heavy atom. The van der Waals surface area contributed by atoms with Crippen molar-refractivity contribution >= 4 is 33.2 Å². The third-order valence-corrected chi connectivity index (χ3v) is 5.63. The molecular weight excluding hydrogens is 406 g/mol. The van der Waals surface area contributed by atoms with E-state index in [1.807, 2.05) is 35.1 Å². The van der Waals surface area contributed by atoms with Gasteiger partial charge in [0, 0.05) is 54.6 Å². The van der Waals surface area contributed by atoms with E-state index < -0.39 is 0 Å². The van der Waals surface area contributed by atoms with Gasteiger partial charge in [-0.3, -0.25) is 9.78 Å². The molecule has 0 unspecified atom stereocenters. The highest BCUT2D eigenvalue weighted by Gasteiger charge is 2.19. The third kappa shape index (κ3) is 4.30. The van der Waals surface area contributed by atoms with E-state index in [0.717, 1.165) is 42.5 Å². The Morgan fingerprint density at radius 2 is 2.00 bits per heavy atom. The van der Waals surface area contributed by atoms with E-state index in [0.29, 0.717) is 18.2 Å². The minimum atomic E-state index is -0.107. The molecule has 0 saturated carbocycles. The summed E-state index contributed by atoms with van der Waals surface area (Å²) in [4.78, 5) is 23.2. The minimum Gasteiger partial charge on any atom is -0.371 e. The van der Waals surface area contributed by atoms with Gasteiger partial charge in [-0.2, -0.15) is 0 Å². The molecule has 7 heteroatoms. The average molecular weight is 428 g/mol. The molecule has 1 N–H and O–H groups in total. The van der Waals surface area contributed by atoms with Crippen molar-refractivity contribution in [2.75, 3.05) is 24.5 Å². The molecule has 1 aliphatic rings. The number of carbonyl (C=O) groups excluding carboxylic acids is 1. The highest BCUT2D eigenvalue weighted by molar-refractivity contribution is 9.10. The normalized spacial score (nSPS) is 15.2. The summed E-state index contributed by atoms with van der Waals surface area (Å²) in [6.45, 7) is 2.81. The van der Waals surface area contributed by atoms with Gasteiger partial charge in [0.15, 0.2) is 0 Å². The predicted octanol–water partition coefficient (Wildman–Crippen LogP) is 3.53. The number of pyridine rings is 2. The molecule has 0 radical (unpaired) electrons. The van der Waals surface area contributed by atoms with Crippen LogP contribution in [0.5, 0.6) is 0 Å². The summed E-state index contributed by atoms with van der Waals surface area (Å²) >= 11 is 3.42. The molecule has 1 saturated heterocycles. The van der Waals surface area contributed by atoms with Crippen LogP contribution in [-0.4, -0.2) is 39.9 Å². The molecule has 0 atom stereocenters. The number of anilines is 1. The molecule has 4 heterocycles. The lowest BCUT2D eigenvalue weighted by atomic mass is 9.93. The Bertz CT molecular complexity index is 919. The molecule has 140 valence electrons. The highest BCUT2D eigenvalue weighted by atomic mass is 79.9. The Labute approximate surface area is 166 Å². The third-order valence-electron chi connectivity index (χ3n) is 5.14. The van der Waals surface area contributed by atoms with Gasteiger partial charge in [-0.15, -0.1) is 0 Å². The number of hydrogen-bond donors (Lipinski definition) is 1. The van der Waals surface area contributed by atoms with Gasteiger partial charge in [-0.1, -0.05) is 15.9 Å². The lowest BCUT2D eigenvalue weighted by molar-refractivity contribution is 0.0946. The molecule has 0 spiro atoms. The summed E-state index contributed by atoms with van der Waals surface area (Å²) in [5.41, 5.74) is 2.47. The molecule has 4 rings (SSSR count). The van der Waals surface area contributed by atoms with Gasteiger partial charge < -0.3 is 14.6 Å². The van der Waals surface area contributed by atoms with E-state index in [9.17, 15) is 4.79 Å². The number of halogens is 1. The van der Waals surface area contributed by atoms with Crippen LogP contribution in [-0.2, 0) is 0 Å². The van der Waals surface area contributed by atoms with Gasteiger partial charge in [-0.05, 0) is 49.4 Å². The van der Waals surface area contributed by atoms with Gasteiger partial charge in [0.1, 0.15) is 11.3 Å².